The number of phenolic OH excluding ortho intramolecular Hbond substituents is 1. The molecule has 3 nitrogen and oxygen atoms in total. The number of hydrogen-bond donors (Lipinski definition) is 1. The van der Waals surface area contributed by atoms with Gasteiger partial charge in [-0.2, -0.15) is 0 Å². The first-order valence-corrected chi connectivity index (χ1v) is 5.43. The lowest BCUT2D eigenvalue weighted by molar-refractivity contribution is 0.463. The number of aromatic hydroxyl groups is 1. The number of rotatable bonds is 2. The fourth-order valence-corrected chi connectivity index (χ4v) is 1.94. The molecular weight excluding hydrogens is 266 g/mol. The summed E-state index contributed by atoms with van der Waals surface area (Å²) in [4.78, 5) is 4.02. The van der Waals surface area contributed by atoms with E-state index in [0.29, 0.717) is 10.9 Å². The number of thiazole rings is 1. The Bertz CT molecular complexity index is 427. The maximum absolute atomic E-state index is 9.05. The molecule has 0 fully saturated rings. The lowest BCUT2D eigenvalue weighted by atomic mass is 10.3. The van der Waals surface area contributed by atoms with E-state index in [1.165, 1.54) is 11.3 Å². The molecule has 1 aromatic carbocycles. The number of phenols is 1. The van der Waals surface area contributed by atoms with Gasteiger partial charge in [-0.1, -0.05) is 11.3 Å². The summed E-state index contributed by atoms with van der Waals surface area (Å²) in [6.07, 6.45) is 1.68. The molecule has 0 aliphatic carbocycles. The lowest BCUT2D eigenvalue weighted by Gasteiger charge is -2.00. The Labute approximate surface area is 93.1 Å². The third kappa shape index (κ3) is 2.24. The molecule has 1 N–H and O–H groups in total. The first-order valence-electron chi connectivity index (χ1n) is 3.82. The van der Waals surface area contributed by atoms with Gasteiger partial charge in [0.2, 0.25) is 0 Å². The molecule has 0 amide bonds. The van der Waals surface area contributed by atoms with Gasteiger partial charge < -0.3 is 9.84 Å². The molecule has 72 valence electrons. The first kappa shape index (κ1) is 9.48. The van der Waals surface area contributed by atoms with Crippen LogP contribution < -0.4 is 4.74 Å². The van der Waals surface area contributed by atoms with E-state index in [1.54, 1.807) is 30.5 Å². The predicted molar refractivity (Wildman–Crippen MR) is 58.0 cm³/mol. The number of ether oxygens (including phenoxy) is 1. The Hall–Kier alpha value is -1.07. The summed E-state index contributed by atoms with van der Waals surface area (Å²) in [5.41, 5.74) is 0. The van der Waals surface area contributed by atoms with Crippen molar-refractivity contribution >= 4 is 27.3 Å². The molecule has 1 aromatic heterocycles. The number of hydrogen-bond acceptors (Lipinski definition) is 4. The molecule has 0 saturated carbocycles. The smallest absolute Gasteiger partial charge is 0.279 e. The van der Waals surface area contributed by atoms with Crippen LogP contribution in [0.25, 0.3) is 0 Å². The largest absolute Gasteiger partial charge is 0.508 e. The lowest BCUT2D eigenvalue weighted by Crippen LogP contribution is -1.81. The monoisotopic (exact) mass is 271 g/mol. The minimum Gasteiger partial charge on any atom is -0.508 e. The van der Waals surface area contributed by atoms with Crippen molar-refractivity contribution in [2.45, 2.75) is 0 Å². The van der Waals surface area contributed by atoms with Crippen molar-refractivity contribution in [3.63, 3.8) is 0 Å². The van der Waals surface area contributed by atoms with Gasteiger partial charge in [-0.05, 0) is 40.2 Å². The summed E-state index contributed by atoms with van der Waals surface area (Å²) in [6, 6.07) is 6.51. The summed E-state index contributed by atoms with van der Waals surface area (Å²) >= 11 is 4.70. The molecule has 2 rings (SSSR count). The summed E-state index contributed by atoms with van der Waals surface area (Å²) in [7, 11) is 0. The number of halogens is 1. The van der Waals surface area contributed by atoms with Crippen molar-refractivity contribution in [3.8, 4) is 16.7 Å². The van der Waals surface area contributed by atoms with Crippen molar-refractivity contribution in [1.82, 2.24) is 4.98 Å². The molecule has 0 bridgehead atoms. The normalized spacial score (nSPS) is 10.1. The second-order valence-corrected chi connectivity index (χ2v) is 4.90. The van der Waals surface area contributed by atoms with Crippen LogP contribution in [0.1, 0.15) is 0 Å². The van der Waals surface area contributed by atoms with Crippen molar-refractivity contribution in [1.29, 1.82) is 0 Å². The molecule has 0 radical (unpaired) electrons. The highest BCUT2D eigenvalue weighted by molar-refractivity contribution is 9.11. The fraction of sp³-hybridized carbons (Fsp3) is 0. The number of aromatic nitrogens is 1. The maximum atomic E-state index is 9.05. The van der Waals surface area contributed by atoms with Gasteiger partial charge in [-0.15, -0.1) is 0 Å². The Balaban J connectivity index is 2.15. The molecule has 5 heteroatoms. The highest BCUT2D eigenvalue weighted by Gasteiger charge is 2.01. The van der Waals surface area contributed by atoms with Gasteiger partial charge in [0.05, 0.1) is 9.98 Å². The SMILES string of the molecule is Oc1ccc(Oc2ncc(Br)s2)cc1. The molecule has 2 aromatic rings. The minimum absolute atomic E-state index is 0.220. The van der Waals surface area contributed by atoms with E-state index in [2.05, 4.69) is 20.9 Å². The van der Waals surface area contributed by atoms with Gasteiger partial charge in [-0.25, -0.2) is 4.98 Å². The zero-order valence-corrected chi connectivity index (χ0v) is 9.38. The quantitative estimate of drug-likeness (QED) is 0.911. The van der Waals surface area contributed by atoms with Crippen molar-refractivity contribution in [3.05, 3.63) is 34.2 Å². The molecule has 0 unspecified atom stereocenters. The van der Waals surface area contributed by atoms with Crippen molar-refractivity contribution in [2.75, 3.05) is 0 Å². The molecular formula is C9H6BrNO2S. The second kappa shape index (κ2) is 3.98. The minimum atomic E-state index is 0.220. The van der Waals surface area contributed by atoms with E-state index in [1.807, 2.05) is 0 Å². The van der Waals surface area contributed by atoms with Crippen LogP contribution >= 0.6 is 27.3 Å². The van der Waals surface area contributed by atoms with Crippen LogP contribution in [0.5, 0.6) is 16.7 Å². The zero-order valence-electron chi connectivity index (χ0n) is 6.98. The fourth-order valence-electron chi connectivity index (χ4n) is 0.902. The van der Waals surface area contributed by atoms with E-state index in [9.17, 15) is 0 Å². The standard InChI is InChI=1S/C9H6BrNO2S/c10-8-5-11-9(14-8)13-7-3-1-6(12)2-4-7/h1-5,12H. The van der Waals surface area contributed by atoms with Crippen molar-refractivity contribution < 1.29 is 9.84 Å². The van der Waals surface area contributed by atoms with Crippen LogP contribution in [-0.2, 0) is 0 Å². The average molecular weight is 272 g/mol. The Morgan fingerprint density at radius 3 is 2.57 bits per heavy atom. The Morgan fingerprint density at radius 2 is 2.00 bits per heavy atom. The summed E-state index contributed by atoms with van der Waals surface area (Å²) in [6.45, 7) is 0. The number of nitrogens with zero attached hydrogens (tertiary/aromatic N) is 1. The van der Waals surface area contributed by atoms with Gasteiger partial charge >= 0.3 is 0 Å². The maximum Gasteiger partial charge on any atom is 0.279 e. The molecule has 14 heavy (non-hydrogen) atoms. The molecule has 0 aliphatic heterocycles. The first-order chi connectivity index (χ1) is 6.74. The molecule has 1 heterocycles. The van der Waals surface area contributed by atoms with Gasteiger partial charge in [0.25, 0.3) is 5.19 Å². The molecule has 0 atom stereocenters. The predicted octanol–water partition coefficient (Wildman–Crippen LogP) is 3.40. The van der Waals surface area contributed by atoms with Crippen LogP contribution in [0, 0.1) is 0 Å². The third-order valence-electron chi connectivity index (χ3n) is 1.50. The molecule has 0 saturated heterocycles. The average Bonchev–Trinajstić information content (AvgIpc) is 2.56. The zero-order chi connectivity index (χ0) is 9.97. The second-order valence-electron chi connectivity index (χ2n) is 2.53. The van der Waals surface area contributed by atoms with E-state index in [0.717, 1.165) is 3.79 Å². The van der Waals surface area contributed by atoms with Gasteiger partial charge in [0, 0.05) is 0 Å². The van der Waals surface area contributed by atoms with E-state index in [4.69, 9.17) is 9.84 Å². The summed E-state index contributed by atoms with van der Waals surface area (Å²) in [5.74, 6) is 0.877. The van der Waals surface area contributed by atoms with E-state index >= 15 is 0 Å². The summed E-state index contributed by atoms with van der Waals surface area (Å²) in [5, 5.41) is 9.62. The summed E-state index contributed by atoms with van der Waals surface area (Å²) < 4.78 is 6.34. The van der Waals surface area contributed by atoms with Crippen LogP contribution in [0.2, 0.25) is 0 Å². The van der Waals surface area contributed by atoms with Gasteiger partial charge in [-0.3, -0.25) is 0 Å². The van der Waals surface area contributed by atoms with E-state index < -0.39 is 0 Å². The molecule has 0 spiro atoms. The molecule has 0 aliphatic rings. The van der Waals surface area contributed by atoms with Crippen LogP contribution in [0.3, 0.4) is 0 Å². The third-order valence-corrected chi connectivity index (χ3v) is 2.85. The van der Waals surface area contributed by atoms with E-state index in [-0.39, 0.29) is 5.75 Å². The topological polar surface area (TPSA) is 42.4 Å². The Kier molecular flexibility index (Phi) is 2.69. The Morgan fingerprint density at radius 1 is 1.29 bits per heavy atom. The van der Waals surface area contributed by atoms with Gasteiger partial charge in [0.1, 0.15) is 11.5 Å². The highest BCUT2D eigenvalue weighted by atomic mass is 79.9. The number of benzene rings is 1. The van der Waals surface area contributed by atoms with Crippen LogP contribution in [-0.4, -0.2) is 10.1 Å². The van der Waals surface area contributed by atoms with Crippen LogP contribution in [0.4, 0.5) is 0 Å². The van der Waals surface area contributed by atoms with Crippen molar-refractivity contribution in [2.24, 2.45) is 0 Å². The van der Waals surface area contributed by atoms with Gasteiger partial charge in [0.15, 0.2) is 0 Å². The highest BCUT2D eigenvalue weighted by Crippen LogP contribution is 2.29. The van der Waals surface area contributed by atoms with Crippen LogP contribution in [0.15, 0.2) is 34.2 Å².